The van der Waals surface area contributed by atoms with E-state index in [2.05, 4.69) is 9.97 Å². The van der Waals surface area contributed by atoms with Gasteiger partial charge in [-0.1, -0.05) is 19.1 Å². The van der Waals surface area contributed by atoms with E-state index in [9.17, 15) is 26.8 Å². The Morgan fingerprint density at radius 2 is 2.00 bits per heavy atom. The van der Waals surface area contributed by atoms with Crippen LogP contribution in [0.3, 0.4) is 0 Å². The standard InChI is InChI=1S/C19H19F3N4O3S/c1-4-6-11-13(25-27)8-7-12(17(11)30(28,29)5-2)18-24-14-9-16(19(20,21)22)23-10-15(14)26(18)3/h4,6-10,25,27H,5H2,1-3H3/b6-4-. The third kappa shape index (κ3) is 3.65. The van der Waals surface area contributed by atoms with Crippen LogP contribution < -0.4 is 5.48 Å². The number of pyridine rings is 1. The molecule has 0 unspecified atom stereocenters. The van der Waals surface area contributed by atoms with Crippen LogP contribution in [0.2, 0.25) is 0 Å². The molecule has 3 aromatic rings. The molecule has 1 aromatic carbocycles. The van der Waals surface area contributed by atoms with Crippen LogP contribution in [0.5, 0.6) is 0 Å². The van der Waals surface area contributed by atoms with Gasteiger partial charge in [0.1, 0.15) is 11.5 Å². The highest BCUT2D eigenvalue weighted by Crippen LogP contribution is 2.37. The Labute approximate surface area is 170 Å². The Morgan fingerprint density at radius 3 is 2.57 bits per heavy atom. The van der Waals surface area contributed by atoms with Gasteiger partial charge in [0, 0.05) is 18.2 Å². The van der Waals surface area contributed by atoms with Crippen LogP contribution in [-0.4, -0.2) is 33.9 Å². The highest BCUT2D eigenvalue weighted by Gasteiger charge is 2.33. The zero-order valence-corrected chi connectivity index (χ0v) is 17.1. The molecule has 0 radical (unpaired) electrons. The van der Waals surface area contributed by atoms with Crippen molar-refractivity contribution in [3.05, 3.63) is 41.7 Å². The summed E-state index contributed by atoms with van der Waals surface area (Å²) >= 11 is 0. The first-order valence-corrected chi connectivity index (χ1v) is 10.5. The molecule has 0 fully saturated rings. The van der Waals surface area contributed by atoms with Crippen molar-refractivity contribution in [1.29, 1.82) is 0 Å². The molecule has 0 atom stereocenters. The number of anilines is 1. The summed E-state index contributed by atoms with van der Waals surface area (Å²) in [6.45, 7) is 3.17. The minimum atomic E-state index is -4.63. The number of hydrogen-bond donors (Lipinski definition) is 2. The second kappa shape index (κ2) is 7.73. The van der Waals surface area contributed by atoms with E-state index in [1.165, 1.54) is 29.7 Å². The van der Waals surface area contributed by atoms with E-state index in [0.29, 0.717) is 5.52 Å². The lowest BCUT2D eigenvalue weighted by molar-refractivity contribution is -0.141. The topological polar surface area (TPSA) is 97.1 Å². The SMILES string of the molecule is C/C=C\c1c(NO)ccc(-c2nc3cc(C(F)(F)F)ncc3n2C)c1S(=O)(=O)CC. The molecular formula is C19H19F3N4O3S. The van der Waals surface area contributed by atoms with Crippen molar-refractivity contribution in [3.63, 3.8) is 0 Å². The molecule has 0 saturated heterocycles. The molecule has 0 aliphatic carbocycles. The summed E-state index contributed by atoms with van der Waals surface area (Å²) in [5.74, 6) is -0.0585. The van der Waals surface area contributed by atoms with E-state index in [1.54, 1.807) is 20.0 Å². The van der Waals surface area contributed by atoms with Crippen LogP contribution in [-0.2, 0) is 23.1 Å². The number of hydrogen-bond acceptors (Lipinski definition) is 6. The van der Waals surface area contributed by atoms with Crippen LogP contribution in [0.4, 0.5) is 18.9 Å². The number of aryl methyl sites for hydroxylation is 1. The summed E-state index contributed by atoms with van der Waals surface area (Å²) in [5.41, 5.74) is 1.84. The molecule has 0 amide bonds. The summed E-state index contributed by atoms with van der Waals surface area (Å²) < 4.78 is 66.4. The first-order valence-electron chi connectivity index (χ1n) is 8.87. The Hall–Kier alpha value is -2.92. The highest BCUT2D eigenvalue weighted by atomic mass is 32.2. The van der Waals surface area contributed by atoms with Crippen LogP contribution in [0.15, 0.2) is 35.4 Å². The van der Waals surface area contributed by atoms with Gasteiger partial charge < -0.3 is 4.57 Å². The van der Waals surface area contributed by atoms with Gasteiger partial charge in [-0.25, -0.2) is 18.4 Å². The lowest BCUT2D eigenvalue weighted by Crippen LogP contribution is -2.11. The Morgan fingerprint density at radius 1 is 1.30 bits per heavy atom. The summed E-state index contributed by atoms with van der Waals surface area (Å²) in [4.78, 5) is 7.64. The van der Waals surface area contributed by atoms with Crippen LogP contribution in [0.1, 0.15) is 25.1 Å². The fraction of sp³-hybridized carbons (Fsp3) is 0.263. The van der Waals surface area contributed by atoms with E-state index in [4.69, 9.17) is 0 Å². The maximum Gasteiger partial charge on any atom is 0.433 e. The van der Waals surface area contributed by atoms with Crippen LogP contribution in [0.25, 0.3) is 28.5 Å². The monoisotopic (exact) mass is 440 g/mol. The maximum absolute atomic E-state index is 13.0. The largest absolute Gasteiger partial charge is 0.433 e. The number of aromatic nitrogens is 3. The van der Waals surface area contributed by atoms with Gasteiger partial charge in [-0.2, -0.15) is 13.2 Å². The number of allylic oxidation sites excluding steroid dienone is 1. The summed E-state index contributed by atoms with van der Waals surface area (Å²) in [5, 5.41) is 9.43. The second-order valence-corrected chi connectivity index (χ2v) is 8.68. The van der Waals surface area contributed by atoms with Gasteiger partial charge in [0.25, 0.3) is 0 Å². The van der Waals surface area contributed by atoms with Crippen molar-refractivity contribution in [2.45, 2.75) is 24.9 Å². The Balaban J connectivity index is 2.39. The van der Waals surface area contributed by atoms with E-state index >= 15 is 0 Å². The third-order valence-electron chi connectivity index (χ3n) is 4.64. The van der Waals surface area contributed by atoms with E-state index < -0.39 is 21.7 Å². The van der Waals surface area contributed by atoms with E-state index in [-0.39, 0.29) is 38.8 Å². The minimum Gasteiger partial charge on any atom is -0.326 e. The van der Waals surface area contributed by atoms with E-state index in [1.807, 2.05) is 5.48 Å². The van der Waals surface area contributed by atoms with Crippen LogP contribution >= 0.6 is 0 Å². The fourth-order valence-corrected chi connectivity index (χ4v) is 4.47. The first-order chi connectivity index (χ1) is 14.0. The maximum atomic E-state index is 13.0. The molecule has 0 aliphatic heterocycles. The number of nitrogens with zero attached hydrogens (tertiary/aromatic N) is 3. The summed E-state index contributed by atoms with van der Waals surface area (Å²) in [6.07, 6.45) is -0.436. The molecule has 11 heteroatoms. The molecule has 0 spiro atoms. The number of rotatable bonds is 5. The smallest absolute Gasteiger partial charge is 0.326 e. The molecule has 2 N–H and O–H groups in total. The van der Waals surface area contributed by atoms with Gasteiger partial charge in [-0.15, -0.1) is 0 Å². The number of sulfone groups is 1. The Kier molecular flexibility index (Phi) is 5.61. The third-order valence-corrected chi connectivity index (χ3v) is 6.46. The number of nitrogens with one attached hydrogen (secondary N) is 1. The molecule has 3 rings (SSSR count). The molecule has 0 bridgehead atoms. The number of fused-ring (bicyclic) bond motifs is 1. The second-order valence-electron chi connectivity index (χ2n) is 6.47. The normalized spacial score (nSPS) is 12.8. The fourth-order valence-electron chi connectivity index (χ4n) is 3.17. The molecular weight excluding hydrogens is 421 g/mol. The van der Waals surface area contributed by atoms with Crippen molar-refractivity contribution in [2.75, 3.05) is 11.2 Å². The molecule has 2 aromatic heterocycles. The predicted octanol–water partition coefficient (Wildman–Crippen LogP) is 4.28. The van der Waals surface area contributed by atoms with Gasteiger partial charge in [0.15, 0.2) is 9.84 Å². The summed E-state index contributed by atoms with van der Waals surface area (Å²) in [7, 11) is -2.23. The van der Waals surface area contributed by atoms with Crippen molar-refractivity contribution in [1.82, 2.24) is 14.5 Å². The molecule has 2 heterocycles. The van der Waals surface area contributed by atoms with Crippen molar-refractivity contribution >= 4 is 32.6 Å². The Bertz CT molecular complexity index is 1250. The lowest BCUT2D eigenvalue weighted by atomic mass is 10.1. The minimum absolute atomic E-state index is 0.0339. The van der Waals surface area contributed by atoms with Gasteiger partial charge >= 0.3 is 6.18 Å². The molecule has 0 aliphatic rings. The number of halogens is 3. The number of imidazole rings is 1. The van der Waals surface area contributed by atoms with Gasteiger partial charge in [0.2, 0.25) is 0 Å². The quantitative estimate of drug-likeness (QED) is 0.575. The average molecular weight is 440 g/mol. The number of benzene rings is 1. The molecule has 160 valence electrons. The van der Waals surface area contributed by atoms with Crippen molar-refractivity contribution in [3.8, 4) is 11.4 Å². The first kappa shape index (κ1) is 21.8. The zero-order chi connectivity index (χ0) is 22.3. The van der Waals surface area contributed by atoms with Gasteiger partial charge in [-0.3, -0.25) is 10.7 Å². The predicted molar refractivity (Wildman–Crippen MR) is 107 cm³/mol. The average Bonchev–Trinajstić information content (AvgIpc) is 3.03. The van der Waals surface area contributed by atoms with Gasteiger partial charge in [-0.05, 0) is 25.1 Å². The molecule has 7 nitrogen and oxygen atoms in total. The molecule has 0 saturated carbocycles. The zero-order valence-electron chi connectivity index (χ0n) is 16.3. The van der Waals surface area contributed by atoms with Gasteiger partial charge in [0.05, 0.1) is 33.6 Å². The highest BCUT2D eigenvalue weighted by molar-refractivity contribution is 7.91. The number of alkyl halides is 3. The molecule has 30 heavy (non-hydrogen) atoms. The van der Waals surface area contributed by atoms with E-state index in [0.717, 1.165) is 12.3 Å². The van der Waals surface area contributed by atoms with Crippen molar-refractivity contribution < 1.29 is 26.8 Å². The summed E-state index contributed by atoms with van der Waals surface area (Å²) in [6, 6.07) is 3.74. The van der Waals surface area contributed by atoms with Crippen molar-refractivity contribution in [2.24, 2.45) is 7.05 Å². The lowest BCUT2D eigenvalue weighted by Gasteiger charge is -2.16. The van der Waals surface area contributed by atoms with Crippen LogP contribution in [0, 0.1) is 0 Å².